The molecule has 0 spiro atoms. The van der Waals surface area contributed by atoms with Crippen LogP contribution in [0, 0.1) is 0 Å². The minimum absolute atomic E-state index is 0.217. The monoisotopic (exact) mass is 248 g/mol. The first-order valence-corrected chi connectivity index (χ1v) is 5.21. The minimum atomic E-state index is -0.476. The van der Waals surface area contributed by atoms with Crippen molar-refractivity contribution in [3.8, 4) is 0 Å². The van der Waals surface area contributed by atoms with Gasteiger partial charge in [0.05, 0.1) is 12.8 Å². The molecular weight excluding hydrogens is 236 g/mol. The molecule has 0 amide bonds. The quantitative estimate of drug-likeness (QED) is 0.571. The van der Waals surface area contributed by atoms with E-state index in [9.17, 15) is 4.79 Å². The Labute approximate surface area is 103 Å². The number of nitrogens with zero attached hydrogens (tertiary/aromatic N) is 4. The fourth-order valence-corrected chi connectivity index (χ4v) is 1.28. The first-order valence-electron chi connectivity index (χ1n) is 5.21. The van der Waals surface area contributed by atoms with Crippen LogP contribution in [0.25, 0.3) is 0 Å². The fraction of sp³-hybridized carbons (Fsp3) is 0.182. The van der Waals surface area contributed by atoms with E-state index in [1.165, 1.54) is 29.7 Å². The van der Waals surface area contributed by atoms with E-state index in [4.69, 9.17) is 4.84 Å². The van der Waals surface area contributed by atoms with Crippen LogP contribution in [0.3, 0.4) is 0 Å². The second kappa shape index (κ2) is 5.78. The maximum absolute atomic E-state index is 11.1. The summed E-state index contributed by atoms with van der Waals surface area (Å²) < 4.78 is 4.52. The van der Waals surface area contributed by atoms with Crippen LogP contribution < -0.4 is 5.17 Å². The number of methoxy groups -OCH3 is 1. The summed E-state index contributed by atoms with van der Waals surface area (Å²) in [4.78, 5) is 21.6. The number of hydrogen-bond donors (Lipinski definition) is 0. The van der Waals surface area contributed by atoms with Gasteiger partial charge in [0.25, 0.3) is 0 Å². The first-order chi connectivity index (χ1) is 8.81. The number of esters is 1. The summed E-state index contributed by atoms with van der Waals surface area (Å²) >= 11 is 0. The molecule has 0 saturated heterocycles. The van der Waals surface area contributed by atoms with Crippen molar-refractivity contribution in [2.45, 2.75) is 0 Å². The van der Waals surface area contributed by atoms with Crippen LogP contribution in [-0.2, 0) is 14.4 Å². The zero-order chi connectivity index (χ0) is 12.8. The molecule has 0 saturated carbocycles. The number of hydrogen-bond acceptors (Lipinski definition) is 6. The van der Waals surface area contributed by atoms with Gasteiger partial charge in [-0.2, -0.15) is 0 Å². The number of rotatable bonds is 5. The summed E-state index contributed by atoms with van der Waals surface area (Å²) in [6.07, 6.45) is 2.84. The maximum Gasteiger partial charge on any atom is 0.334 e. The van der Waals surface area contributed by atoms with Gasteiger partial charge < -0.3 is 4.74 Å². The van der Waals surface area contributed by atoms with Crippen molar-refractivity contribution in [2.75, 3.05) is 18.9 Å². The lowest BCUT2D eigenvalue weighted by atomic mass is 10.3. The molecule has 0 fully saturated rings. The number of aromatic nitrogens is 3. The van der Waals surface area contributed by atoms with Gasteiger partial charge in [-0.05, 0) is 12.1 Å². The van der Waals surface area contributed by atoms with Crippen molar-refractivity contribution < 1.29 is 14.4 Å². The predicted octanol–water partition coefficient (Wildman–Crippen LogP) is 0.652. The third kappa shape index (κ3) is 2.83. The molecule has 2 rings (SSSR count). The smallest absolute Gasteiger partial charge is 0.334 e. The fourth-order valence-electron chi connectivity index (χ4n) is 1.28. The molecule has 18 heavy (non-hydrogen) atoms. The number of para-hydroxylation sites is 1. The molecule has 0 aliphatic carbocycles. The molecule has 0 N–H and O–H groups in total. The largest absolute Gasteiger partial charge is 0.467 e. The normalized spacial score (nSPS) is 10.1. The summed E-state index contributed by atoms with van der Waals surface area (Å²) in [7, 11) is 1.30. The van der Waals surface area contributed by atoms with Crippen LogP contribution in [0.4, 0.5) is 5.69 Å². The van der Waals surface area contributed by atoms with Crippen LogP contribution in [0.15, 0.2) is 43.0 Å². The third-order valence-corrected chi connectivity index (χ3v) is 2.10. The summed E-state index contributed by atoms with van der Waals surface area (Å²) in [6, 6.07) is 9.21. The lowest BCUT2D eigenvalue weighted by Crippen LogP contribution is -2.32. The van der Waals surface area contributed by atoms with E-state index in [1.807, 2.05) is 30.3 Å². The summed E-state index contributed by atoms with van der Waals surface area (Å²) in [5.41, 5.74) is 0.715. The van der Waals surface area contributed by atoms with E-state index in [0.717, 1.165) is 0 Å². The van der Waals surface area contributed by atoms with E-state index in [0.29, 0.717) is 5.69 Å². The van der Waals surface area contributed by atoms with Crippen molar-refractivity contribution >= 4 is 11.7 Å². The molecule has 0 aliphatic heterocycles. The topological polar surface area (TPSA) is 69.5 Å². The molecule has 7 nitrogen and oxygen atoms in total. The van der Waals surface area contributed by atoms with Crippen molar-refractivity contribution in [1.82, 2.24) is 14.9 Å². The summed E-state index contributed by atoms with van der Waals surface area (Å²) in [5.74, 6) is -0.476. The number of carbonyl (C=O) groups excluding carboxylic acids is 1. The average Bonchev–Trinajstić information content (AvgIpc) is 2.94. The SMILES string of the molecule is COC(=O)CON(c1ccccc1)n1cncn1. The minimum Gasteiger partial charge on any atom is -0.467 e. The van der Waals surface area contributed by atoms with Gasteiger partial charge in [-0.25, -0.2) is 14.6 Å². The number of carbonyl (C=O) groups is 1. The maximum atomic E-state index is 11.1. The molecule has 0 unspecified atom stereocenters. The Bertz CT molecular complexity index is 486. The first kappa shape index (κ1) is 12.1. The Kier molecular flexibility index (Phi) is 3.87. The Morgan fingerprint density at radius 1 is 1.39 bits per heavy atom. The Hall–Kier alpha value is -2.41. The second-order valence-electron chi connectivity index (χ2n) is 3.27. The highest BCUT2D eigenvalue weighted by atomic mass is 16.7. The van der Waals surface area contributed by atoms with Gasteiger partial charge in [0.15, 0.2) is 6.61 Å². The van der Waals surface area contributed by atoms with E-state index >= 15 is 0 Å². The van der Waals surface area contributed by atoms with Crippen molar-refractivity contribution in [3.63, 3.8) is 0 Å². The summed E-state index contributed by atoms with van der Waals surface area (Å²) in [5, 5.41) is 5.30. The standard InChI is InChI=1S/C11H12N4O3/c1-17-11(16)7-18-15(14-9-12-8-13-14)10-5-3-2-4-6-10/h2-6,8-9H,7H2,1H3. The van der Waals surface area contributed by atoms with E-state index in [1.54, 1.807) is 0 Å². The third-order valence-electron chi connectivity index (χ3n) is 2.10. The van der Waals surface area contributed by atoms with Gasteiger partial charge in [-0.1, -0.05) is 18.2 Å². The summed E-state index contributed by atoms with van der Waals surface area (Å²) in [6.45, 7) is -0.217. The van der Waals surface area contributed by atoms with Gasteiger partial charge in [0.1, 0.15) is 12.7 Å². The molecule has 7 heteroatoms. The Balaban J connectivity index is 2.16. The molecule has 0 atom stereocenters. The van der Waals surface area contributed by atoms with Crippen LogP contribution in [-0.4, -0.2) is 34.6 Å². The Morgan fingerprint density at radius 3 is 2.78 bits per heavy atom. The van der Waals surface area contributed by atoms with Crippen LogP contribution in [0.5, 0.6) is 0 Å². The average molecular weight is 248 g/mol. The van der Waals surface area contributed by atoms with Crippen LogP contribution in [0.1, 0.15) is 0 Å². The molecule has 1 aromatic heterocycles. The van der Waals surface area contributed by atoms with Crippen molar-refractivity contribution in [1.29, 1.82) is 0 Å². The predicted molar refractivity (Wildman–Crippen MR) is 62.3 cm³/mol. The number of ether oxygens (including phenoxy) is 1. The molecular formula is C11H12N4O3. The van der Waals surface area contributed by atoms with Crippen LogP contribution >= 0.6 is 0 Å². The molecule has 1 heterocycles. The van der Waals surface area contributed by atoms with Gasteiger partial charge in [-0.15, -0.1) is 15.1 Å². The zero-order valence-electron chi connectivity index (χ0n) is 9.76. The second-order valence-corrected chi connectivity index (χ2v) is 3.27. The van der Waals surface area contributed by atoms with Gasteiger partial charge in [0, 0.05) is 0 Å². The molecule has 0 radical (unpaired) electrons. The molecule has 2 aromatic rings. The van der Waals surface area contributed by atoms with E-state index in [-0.39, 0.29) is 6.61 Å². The van der Waals surface area contributed by atoms with E-state index in [2.05, 4.69) is 14.8 Å². The molecule has 94 valence electrons. The highest BCUT2D eigenvalue weighted by molar-refractivity contribution is 5.70. The number of anilines is 1. The molecule has 1 aromatic carbocycles. The number of benzene rings is 1. The Morgan fingerprint density at radius 2 is 2.17 bits per heavy atom. The lowest BCUT2D eigenvalue weighted by molar-refractivity contribution is -0.147. The van der Waals surface area contributed by atoms with Crippen molar-refractivity contribution in [2.24, 2.45) is 0 Å². The highest BCUT2D eigenvalue weighted by Crippen LogP contribution is 2.13. The lowest BCUT2D eigenvalue weighted by Gasteiger charge is -2.21. The molecule has 0 aliphatic rings. The molecule has 0 bridgehead atoms. The van der Waals surface area contributed by atoms with Gasteiger partial charge >= 0.3 is 5.97 Å². The van der Waals surface area contributed by atoms with Crippen molar-refractivity contribution in [3.05, 3.63) is 43.0 Å². The zero-order valence-corrected chi connectivity index (χ0v) is 9.76. The van der Waals surface area contributed by atoms with Gasteiger partial charge in [0.2, 0.25) is 0 Å². The highest BCUT2D eigenvalue weighted by Gasteiger charge is 2.12. The van der Waals surface area contributed by atoms with Gasteiger partial charge in [-0.3, -0.25) is 0 Å². The van der Waals surface area contributed by atoms with Crippen LogP contribution in [0.2, 0.25) is 0 Å². The van der Waals surface area contributed by atoms with E-state index < -0.39 is 5.97 Å².